The Bertz CT molecular complexity index is 704. The fourth-order valence-corrected chi connectivity index (χ4v) is 1.70. The van der Waals surface area contributed by atoms with E-state index in [9.17, 15) is 18.4 Å². The van der Waals surface area contributed by atoms with Crippen LogP contribution in [-0.4, -0.2) is 22.0 Å². The molecule has 0 aliphatic heterocycles. The number of carboxylic acid groups (broad SMARTS) is 1. The maximum Gasteiger partial charge on any atom is 0.338 e. The molecule has 7 heteroatoms. The molecule has 2 N–H and O–H groups in total. The summed E-state index contributed by atoms with van der Waals surface area (Å²) in [5, 5.41) is 11.3. The first kappa shape index (κ1) is 14.6. The SMILES string of the molecule is O=C(O)c1cccnc1C(=O)NCc1cc(F)ccc1F. The Hall–Kier alpha value is -2.83. The van der Waals surface area contributed by atoms with Crippen LogP contribution in [0.5, 0.6) is 0 Å². The molecule has 2 aromatic rings. The fourth-order valence-electron chi connectivity index (χ4n) is 1.70. The molecule has 0 atom stereocenters. The van der Waals surface area contributed by atoms with Crippen LogP contribution in [0.3, 0.4) is 0 Å². The van der Waals surface area contributed by atoms with E-state index in [0.717, 1.165) is 18.2 Å². The normalized spacial score (nSPS) is 10.2. The molecule has 0 aliphatic rings. The van der Waals surface area contributed by atoms with E-state index in [4.69, 9.17) is 5.11 Å². The first-order valence-corrected chi connectivity index (χ1v) is 5.89. The van der Waals surface area contributed by atoms with Gasteiger partial charge in [-0.1, -0.05) is 0 Å². The van der Waals surface area contributed by atoms with Crippen LogP contribution in [0.1, 0.15) is 26.4 Å². The Morgan fingerprint density at radius 1 is 1.24 bits per heavy atom. The fraction of sp³-hybridized carbons (Fsp3) is 0.0714. The van der Waals surface area contributed by atoms with E-state index in [1.165, 1.54) is 18.3 Å². The minimum absolute atomic E-state index is 0.0452. The van der Waals surface area contributed by atoms with Crippen molar-refractivity contribution in [2.75, 3.05) is 0 Å². The van der Waals surface area contributed by atoms with Crippen molar-refractivity contribution in [2.45, 2.75) is 6.54 Å². The summed E-state index contributed by atoms with van der Waals surface area (Å²) in [6.07, 6.45) is 1.27. The average Bonchev–Trinajstić information content (AvgIpc) is 2.47. The number of carbonyl (C=O) groups excluding carboxylic acids is 1. The van der Waals surface area contributed by atoms with Crippen LogP contribution in [0.15, 0.2) is 36.5 Å². The van der Waals surface area contributed by atoms with E-state index in [1.54, 1.807) is 0 Å². The number of carboxylic acids is 1. The molecular formula is C14H10F2N2O3. The minimum Gasteiger partial charge on any atom is -0.478 e. The molecule has 2 rings (SSSR count). The highest BCUT2D eigenvalue weighted by atomic mass is 19.1. The molecule has 0 unspecified atom stereocenters. The highest BCUT2D eigenvalue weighted by Crippen LogP contribution is 2.10. The van der Waals surface area contributed by atoms with Crippen molar-refractivity contribution in [3.05, 3.63) is 65.0 Å². The lowest BCUT2D eigenvalue weighted by atomic mass is 10.1. The topological polar surface area (TPSA) is 79.3 Å². The lowest BCUT2D eigenvalue weighted by molar-refractivity contribution is 0.0690. The molecule has 21 heavy (non-hydrogen) atoms. The molecule has 0 aliphatic carbocycles. The Balaban J connectivity index is 2.16. The van der Waals surface area contributed by atoms with Gasteiger partial charge in [-0.15, -0.1) is 0 Å². The Morgan fingerprint density at radius 2 is 2.00 bits per heavy atom. The van der Waals surface area contributed by atoms with Crippen molar-refractivity contribution in [3.8, 4) is 0 Å². The standard InChI is InChI=1S/C14H10F2N2O3/c15-9-3-4-11(16)8(6-9)7-18-13(19)12-10(14(20)21)2-1-5-17-12/h1-6H,7H2,(H,18,19)(H,20,21). The Morgan fingerprint density at radius 3 is 2.71 bits per heavy atom. The molecule has 1 aromatic carbocycles. The number of aromatic carboxylic acids is 1. The number of carbonyl (C=O) groups is 2. The van der Waals surface area contributed by atoms with Crippen LogP contribution in [0.2, 0.25) is 0 Å². The van der Waals surface area contributed by atoms with E-state index in [1.807, 2.05) is 0 Å². The van der Waals surface area contributed by atoms with Gasteiger partial charge in [-0.2, -0.15) is 0 Å². The second-order valence-corrected chi connectivity index (χ2v) is 4.12. The number of amides is 1. The third-order valence-corrected chi connectivity index (χ3v) is 2.70. The summed E-state index contributed by atoms with van der Waals surface area (Å²) >= 11 is 0. The van der Waals surface area contributed by atoms with E-state index in [-0.39, 0.29) is 23.4 Å². The van der Waals surface area contributed by atoms with Crippen molar-refractivity contribution < 1.29 is 23.5 Å². The summed E-state index contributed by atoms with van der Waals surface area (Å²) in [6.45, 7) is -0.280. The number of halogens is 2. The van der Waals surface area contributed by atoms with Gasteiger partial charge in [0.1, 0.15) is 17.3 Å². The number of rotatable bonds is 4. The quantitative estimate of drug-likeness (QED) is 0.903. The number of nitrogens with zero attached hydrogens (tertiary/aromatic N) is 1. The monoisotopic (exact) mass is 292 g/mol. The van der Waals surface area contributed by atoms with Gasteiger partial charge in [0.15, 0.2) is 0 Å². The molecule has 1 heterocycles. The summed E-state index contributed by atoms with van der Waals surface area (Å²) in [6, 6.07) is 5.47. The van der Waals surface area contributed by atoms with Gasteiger partial charge in [-0.25, -0.2) is 13.6 Å². The van der Waals surface area contributed by atoms with Crippen molar-refractivity contribution in [1.29, 1.82) is 0 Å². The van der Waals surface area contributed by atoms with Gasteiger partial charge in [0, 0.05) is 18.3 Å². The average molecular weight is 292 g/mol. The van der Waals surface area contributed by atoms with Gasteiger partial charge in [0.05, 0.1) is 5.56 Å². The third-order valence-electron chi connectivity index (χ3n) is 2.70. The molecular weight excluding hydrogens is 282 g/mol. The highest BCUT2D eigenvalue weighted by molar-refractivity contribution is 6.03. The van der Waals surface area contributed by atoms with Gasteiger partial charge < -0.3 is 10.4 Å². The molecule has 0 bridgehead atoms. The van der Waals surface area contributed by atoms with Gasteiger partial charge in [-0.3, -0.25) is 9.78 Å². The predicted octanol–water partition coefficient (Wildman–Crippen LogP) is 1.99. The number of hydrogen-bond donors (Lipinski definition) is 2. The van der Waals surface area contributed by atoms with E-state index in [2.05, 4.69) is 10.3 Å². The molecule has 1 amide bonds. The van der Waals surface area contributed by atoms with Crippen molar-refractivity contribution in [2.24, 2.45) is 0 Å². The lowest BCUT2D eigenvalue weighted by Crippen LogP contribution is -2.26. The summed E-state index contributed by atoms with van der Waals surface area (Å²) in [7, 11) is 0. The molecule has 1 aromatic heterocycles. The second kappa shape index (κ2) is 6.08. The van der Waals surface area contributed by atoms with Gasteiger partial charge >= 0.3 is 5.97 Å². The van der Waals surface area contributed by atoms with E-state index in [0.29, 0.717) is 0 Å². The summed E-state index contributed by atoms with van der Waals surface area (Å²) in [5.74, 6) is -3.39. The third kappa shape index (κ3) is 3.38. The maximum absolute atomic E-state index is 13.4. The zero-order chi connectivity index (χ0) is 15.4. The molecule has 0 fully saturated rings. The first-order valence-electron chi connectivity index (χ1n) is 5.89. The smallest absolute Gasteiger partial charge is 0.338 e. The van der Waals surface area contributed by atoms with E-state index >= 15 is 0 Å². The zero-order valence-electron chi connectivity index (χ0n) is 10.6. The summed E-state index contributed by atoms with van der Waals surface area (Å²) < 4.78 is 26.4. The number of aromatic nitrogens is 1. The van der Waals surface area contributed by atoms with Gasteiger partial charge in [0.25, 0.3) is 5.91 Å². The molecule has 0 radical (unpaired) electrons. The van der Waals surface area contributed by atoms with Crippen LogP contribution in [0, 0.1) is 11.6 Å². The second-order valence-electron chi connectivity index (χ2n) is 4.12. The summed E-state index contributed by atoms with van der Waals surface area (Å²) in [4.78, 5) is 26.5. The first-order chi connectivity index (χ1) is 9.99. The van der Waals surface area contributed by atoms with E-state index < -0.39 is 23.5 Å². The molecule has 0 saturated carbocycles. The van der Waals surface area contributed by atoms with Crippen molar-refractivity contribution >= 4 is 11.9 Å². The highest BCUT2D eigenvalue weighted by Gasteiger charge is 2.17. The molecule has 108 valence electrons. The Kier molecular flexibility index (Phi) is 4.22. The van der Waals surface area contributed by atoms with Crippen LogP contribution in [-0.2, 0) is 6.54 Å². The van der Waals surface area contributed by atoms with Crippen molar-refractivity contribution in [1.82, 2.24) is 10.3 Å². The molecule has 5 nitrogen and oxygen atoms in total. The number of nitrogens with one attached hydrogen (secondary N) is 1. The number of pyridine rings is 1. The maximum atomic E-state index is 13.4. The van der Waals surface area contributed by atoms with Crippen LogP contribution < -0.4 is 5.32 Å². The predicted molar refractivity (Wildman–Crippen MR) is 68.7 cm³/mol. The van der Waals surface area contributed by atoms with Crippen LogP contribution in [0.25, 0.3) is 0 Å². The van der Waals surface area contributed by atoms with Gasteiger partial charge in [0.2, 0.25) is 0 Å². The van der Waals surface area contributed by atoms with Crippen LogP contribution >= 0.6 is 0 Å². The molecule has 0 spiro atoms. The lowest BCUT2D eigenvalue weighted by Gasteiger charge is -2.07. The number of benzene rings is 1. The summed E-state index contributed by atoms with van der Waals surface area (Å²) in [5.41, 5.74) is -0.604. The van der Waals surface area contributed by atoms with Crippen molar-refractivity contribution in [3.63, 3.8) is 0 Å². The zero-order valence-corrected chi connectivity index (χ0v) is 10.6. The van der Waals surface area contributed by atoms with Crippen LogP contribution in [0.4, 0.5) is 8.78 Å². The largest absolute Gasteiger partial charge is 0.478 e. The number of hydrogen-bond acceptors (Lipinski definition) is 3. The van der Waals surface area contributed by atoms with Gasteiger partial charge in [-0.05, 0) is 30.3 Å². The minimum atomic E-state index is -1.30. The Labute approximate surface area is 118 Å². The molecule has 0 saturated heterocycles.